The lowest BCUT2D eigenvalue weighted by Crippen LogP contribution is -2.53. The smallest absolute Gasteiger partial charge is 0.0671 e. The molecule has 1 aliphatic carbocycles. The molecule has 1 saturated carbocycles. The molecule has 3 nitrogen and oxygen atoms in total. The van der Waals surface area contributed by atoms with Crippen molar-refractivity contribution in [2.24, 2.45) is 5.92 Å². The first-order chi connectivity index (χ1) is 8.49. The Bertz CT molecular complexity index is 233. The average molecular weight is 257 g/mol. The number of rotatable bonds is 7. The Balaban J connectivity index is 2.37. The highest BCUT2D eigenvalue weighted by molar-refractivity contribution is 4.85. The molecule has 2 N–H and O–H groups in total. The summed E-state index contributed by atoms with van der Waals surface area (Å²) in [6, 6.07) is 0.362. The van der Waals surface area contributed by atoms with Crippen LogP contribution in [0.25, 0.3) is 0 Å². The van der Waals surface area contributed by atoms with Crippen molar-refractivity contribution in [3.05, 3.63) is 0 Å². The van der Waals surface area contributed by atoms with Crippen LogP contribution in [0.4, 0.5) is 0 Å². The molecule has 0 aromatic carbocycles. The van der Waals surface area contributed by atoms with Crippen molar-refractivity contribution in [1.82, 2.24) is 5.32 Å². The predicted molar refractivity (Wildman–Crippen MR) is 75.8 cm³/mol. The van der Waals surface area contributed by atoms with Crippen LogP contribution < -0.4 is 5.32 Å². The number of aliphatic hydroxyl groups is 1. The highest BCUT2D eigenvalue weighted by atomic mass is 16.5. The molecule has 3 unspecified atom stereocenters. The zero-order valence-corrected chi connectivity index (χ0v) is 12.5. The van der Waals surface area contributed by atoms with Crippen LogP contribution in [0.1, 0.15) is 59.8 Å². The van der Waals surface area contributed by atoms with Crippen LogP contribution in [-0.2, 0) is 4.74 Å². The number of ether oxygens (including phenoxy) is 1. The fourth-order valence-corrected chi connectivity index (χ4v) is 2.90. The number of hydrogen-bond acceptors (Lipinski definition) is 3. The molecule has 108 valence electrons. The minimum atomic E-state index is -0.312. The second kappa shape index (κ2) is 7.46. The first kappa shape index (κ1) is 15.9. The summed E-state index contributed by atoms with van der Waals surface area (Å²) in [6.45, 7) is 9.22. The van der Waals surface area contributed by atoms with Crippen LogP contribution in [-0.4, -0.2) is 36.0 Å². The van der Waals surface area contributed by atoms with E-state index in [0.717, 1.165) is 5.92 Å². The molecule has 3 heteroatoms. The van der Waals surface area contributed by atoms with Crippen LogP contribution in [0, 0.1) is 5.92 Å². The van der Waals surface area contributed by atoms with E-state index in [-0.39, 0.29) is 12.1 Å². The summed E-state index contributed by atoms with van der Waals surface area (Å²) in [4.78, 5) is 0. The molecule has 0 saturated heterocycles. The van der Waals surface area contributed by atoms with E-state index >= 15 is 0 Å². The summed E-state index contributed by atoms with van der Waals surface area (Å²) in [5.74, 6) is 0.835. The maximum atomic E-state index is 9.52. The first-order valence-electron chi connectivity index (χ1n) is 7.49. The standard InChI is InChI=1S/C15H31NO2/c1-5-13-7-6-8-14(9-13)18-11-15(4,10-17)16-12(2)3/h12-14,16-17H,5-11H2,1-4H3. The molecule has 0 bridgehead atoms. The van der Waals surface area contributed by atoms with Gasteiger partial charge in [-0.1, -0.05) is 40.0 Å². The summed E-state index contributed by atoms with van der Waals surface area (Å²) in [5, 5.41) is 12.9. The summed E-state index contributed by atoms with van der Waals surface area (Å²) in [7, 11) is 0. The molecular weight excluding hydrogens is 226 g/mol. The molecule has 0 heterocycles. The van der Waals surface area contributed by atoms with Gasteiger partial charge in [0.05, 0.1) is 24.9 Å². The van der Waals surface area contributed by atoms with Gasteiger partial charge in [-0.15, -0.1) is 0 Å². The van der Waals surface area contributed by atoms with E-state index in [1.54, 1.807) is 0 Å². The van der Waals surface area contributed by atoms with Crippen molar-refractivity contribution in [3.63, 3.8) is 0 Å². The summed E-state index contributed by atoms with van der Waals surface area (Å²) < 4.78 is 6.05. The van der Waals surface area contributed by atoms with Gasteiger partial charge >= 0.3 is 0 Å². The van der Waals surface area contributed by atoms with Gasteiger partial charge in [0, 0.05) is 6.04 Å². The first-order valence-corrected chi connectivity index (χ1v) is 7.49. The SMILES string of the molecule is CCC1CCCC(OCC(C)(CO)NC(C)C)C1. The van der Waals surface area contributed by atoms with Crippen molar-refractivity contribution in [1.29, 1.82) is 0 Å². The lowest BCUT2D eigenvalue weighted by Gasteiger charge is -2.35. The minimum Gasteiger partial charge on any atom is -0.394 e. The summed E-state index contributed by atoms with van der Waals surface area (Å²) >= 11 is 0. The monoisotopic (exact) mass is 257 g/mol. The molecule has 0 aliphatic heterocycles. The normalized spacial score (nSPS) is 28.3. The third-order valence-electron chi connectivity index (χ3n) is 3.94. The fourth-order valence-electron chi connectivity index (χ4n) is 2.90. The number of aliphatic hydroxyl groups excluding tert-OH is 1. The molecule has 1 aliphatic rings. The van der Waals surface area contributed by atoms with Gasteiger partial charge < -0.3 is 15.2 Å². The third kappa shape index (κ3) is 5.25. The molecule has 1 fully saturated rings. The van der Waals surface area contributed by atoms with Crippen molar-refractivity contribution in [2.75, 3.05) is 13.2 Å². The van der Waals surface area contributed by atoms with Crippen molar-refractivity contribution < 1.29 is 9.84 Å². The Morgan fingerprint density at radius 2 is 2.11 bits per heavy atom. The molecule has 0 spiro atoms. The second-order valence-electron chi connectivity index (χ2n) is 6.39. The molecule has 1 rings (SSSR count). The molecule has 0 radical (unpaired) electrons. The van der Waals surface area contributed by atoms with Gasteiger partial charge in [-0.05, 0) is 25.7 Å². The summed E-state index contributed by atoms with van der Waals surface area (Å²) in [6.07, 6.45) is 6.68. The van der Waals surface area contributed by atoms with Crippen LogP contribution in [0.2, 0.25) is 0 Å². The van der Waals surface area contributed by atoms with E-state index in [9.17, 15) is 5.11 Å². The van der Waals surface area contributed by atoms with Crippen molar-refractivity contribution in [2.45, 2.75) is 77.5 Å². The third-order valence-corrected chi connectivity index (χ3v) is 3.94. The van der Waals surface area contributed by atoms with Crippen LogP contribution in [0.15, 0.2) is 0 Å². The van der Waals surface area contributed by atoms with Crippen molar-refractivity contribution >= 4 is 0 Å². The quantitative estimate of drug-likeness (QED) is 0.737. The van der Waals surface area contributed by atoms with Gasteiger partial charge in [-0.3, -0.25) is 0 Å². The van der Waals surface area contributed by atoms with Gasteiger partial charge in [0.25, 0.3) is 0 Å². The molecule has 0 amide bonds. The topological polar surface area (TPSA) is 41.5 Å². The molecule has 0 aromatic rings. The molecule has 3 atom stereocenters. The van der Waals surface area contributed by atoms with E-state index in [1.807, 2.05) is 6.92 Å². The van der Waals surface area contributed by atoms with Gasteiger partial charge in [0.1, 0.15) is 0 Å². The zero-order chi connectivity index (χ0) is 13.6. The van der Waals surface area contributed by atoms with Gasteiger partial charge in [-0.2, -0.15) is 0 Å². The Kier molecular flexibility index (Phi) is 6.61. The Hall–Kier alpha value is -0.120. The van der Waals surface area contributed by atoms with Crippen LogP contribution in [0.3, 0.4) is 0 Å². The second-order valence-corrected chi connectivity index (χ2v) is 6.39. The van der Waals surface area contributed by atoms with Crippen LogP contribution in [0.5, 0.6) is 0 Å². The average Bonchev–Trinajstić information content (AvgIpc) is 2.36. The zero-order valence-electron chi connectivity index (χ0n) is 12.5. The van der Waals surface area contributed by atoms with E-state index < -0.39 is 0 Å². The Morgan fingerprint density at radius 3 is 2.67 bits per heavy atom. The van der Waals surface area contributed by atoms with Gasteiger partial charge in [0.15, 0.2) is 0 Å². The predicted octanol–water partition coefficient (Wildman–Crippen LogP) is 2.72. The highest BCUT2D eigenvalue weighted by Gasteiger charge is 2.28. The number of hydrogen-bond donors (Lipinski definition) is 2. The van der Waals surface area contributed by atoms with E-state index in [4.69, 9.17) is 4.74 Å². The Morgan fingerprint density at radius 1 is 1.39 bits per heavy atom. The van der Waals surface area contributed by atoms with E-state index in [2.05, 4.69) is 26.1 Å². The van der Waals surface area contributed by atoms with Crippen LogP contribution >= 0.6 is 0 Å². The molecule has 0 aromatic heterocycles. The lowest BCUT2D eigenvalue weighted by molar-refractivity contribution is -0.0307. The minimum absolute atomic E-state index is 0.120. The number of nitrogens with one attached hydrogen (secondary N) is 1. The maximum absolute atomic E-state index is 9.52. The lowest BCUT2D eigenvalue weighted by atomic mass is 9.85. The maximum Gasteiger partial charge on any atom is 0.0671 e. The molecule has 18 heavy (non-hydrogen) atoms. The van der Waals surface area contributed by atoms with Gasteiger partial charge in [-0.25, -0.2) is 0 Å². The Labute approximate surface area is 112 Å². The molecular formula is C15H31NO2. The van der Waals surface area contributed by atoms with E-state index in [0.29, 0.717) is 18.8 Å². The fraction of sp³-hybridized carbons (Fsp3) is 1.00. The largest absolute Gasteiger partial charge is 0.394 e. The highest BCUT2D eigenvalue weighted by Crippen LogP contribution is 2.28. The van der Waals surface area contributed by atoms with Crippen molar-refractivity contribution in [3.8, 4) is 0 Å². The summed E-state index contributed by atoms with van der Waals surface area (Å²) in [5.41, 5.74) is -0.312. The van der Waals surface area contributed by atoms with Gasteiger partial charge in [0.2, 0.25) is 0 Å². The van der Waals surface area contributed by atoms with E-state index in [1.165, 1.54) is 32.1 Å².